The zero-order chi connectivity index (χ0) is 31.9. The molecule has 3 heteroatoms. The van der Waals surface area contributed by atoms with E-state index in [1.807, 2.05) is 0 Å². The molecule has 0 spiro atoms. The molecule has 8 rings (SSSR count). The van der Waals surface area contributed by atoms with E-state index in [9.17, 15) is 14.7 Å². The van der Waals surface area contributed by atoms with Gasteiger partial charge in [-0.3, -0.25) is 9.59 Å². The van der Waals surface area contributed by atoms with Crippen LogP contribution in [0.2, 0.25) is 0 Å². The summed E-state index contributed by atoms with van der Waals surface area (Å²) in [5.74, 6) is 7.88. The van der Waals surface area contributed by atoms with Crippen LogP contribution in [0.3, 0.4) is 0 Å². The van der Waals surface area contributed by atoms with Gasteiger partial charge in [0, 0.05) is 18.3 Å². The van der Waals surface area contributed by atoms with Crippen LogP contribution in [0.4, 0.5) is 0 Å². The Labute approximate surface area is 276 Å². The minimum atomic E-state index is -0.169. The van der Waals surface area contributed by atoms with Crippen molar-refractivity contribution < 1.29 is 14.7 Å². The first-order chi connectivity index (χ1) is 21.4. The molecule has 0 amide bonds. The summed E-state index contributed by atoms with van der Waals surface area (Å²) < 4.78 is 0. The van der Waals surface area contributed by atoms with Crippen LogP contribution in [0.25, 0.3) is 0 Å². The lowest BCUT2D eigenvalue weighted by atomic mass is 9.44. The normalized spacial score (nSPS) is 55.1. The fraction of sp³-hybridized carbons (Fsp3) is 0.952. The zero-order valence-corrected chi connectivity index (χ0v) is 30.0. The Kier molecular flexibility index (Phi) is 8.55. The molecule has 0 heterocycles. The maximum Gasteiger partial charge on any atom is 0.137 e. The van der Waals surface area contributed by atoms with Crippen molar-refractivity contribution in [2.24, 2.45) is 80.8 Å². The molecule has 3 nitrogen and oxygen atoms in total. The van der Waals surface area contributed by atoms with Gasteiger partial charge >= 0.3 is 0 Å². The molecule has 0 bridgehead atoms. The van der Waals surface area contributed by atoms with Gasteiger partial charge in [0.1, 0.15) is 11.6 Å². The van der Waals surface area contributed by atoms with Gasteiger partial charge in [-0.15, -0.1) is 0 Å². The SMILES string of the molecule is CC(=O)[C@H]1CC[C@H]2[C@@H]3CC[C@H]4C[C@H](O)CC[C@]4(C)[C@H]3C(=O)C[C@]12C.CC[C@H]1CC[C@H]2[C@@H]3CCC4CCCC[C@]4(C)[C@H]3CC[C@]12C. The summed E-state index contributed by atoms with van der Waals surface area (Å²) in [5.41, 5.74) is 1.43. The maximum atomic E-state index is 13.3. The Morgan fingerprint density at radius 2 is 1.36 bits per heavy atom. The Hall–Kier alpha value is -0.700. The monoisotopic (exact) mass is 621 g/mol. The molecule has 1 unspecified atom stereocenters. The molecule has 8 saturated carbocycles. The second kappa shape index (κ2) is 11.7. The van der Waals surface area contributed by atoms with Gasteiger partial charge in [-0.05, 0) is 172 Å². The van der Waals surface area contributed by atoms with Gasteiger partial charge < -0.3 is 5.11 Å². The number of fused-ring (bicyclic) bond motifs is 10. The quantitative estimate of drug-likeness (QED) is 0.334. The summed E-state index contributed by atoms with van der Waals surface area (Å²) in [6.07, 6.45) is 24.5. The molecule has 15 atom stereocenters. The van der Waals surface area contributed by atoms with E-state index < -0.39 is 0 Å². The number of hydrogen-bond donors (Lipinski definition) is 1. The highest BCUT2D eigenvalue weighted by Gasteiger charge is 2.64. The van der Waals surface area contributed by atoms with E-state index in [1.165, 1.54) is 19.3 Å². The highest BCUT2D eigenvalue weighted by Crippen LogP contribution is 2.69. The van der Waals surface area contributed by atoms with E-state index in [4.69, 9.17) is 0 Å². The standard InChI is InChI=1S/C21H32O3.C21H36/c1-12(22)16-6-7-17-15-5-4-13-10-14(23)8-9-20(13,2)19(15)18(24)11-21(16,17)3;1-4-15-9-11-18-17-10-8-16-7-5-6-13-20(16,2)19(17)12-14-21(15,18)3/h13-17,19,23H,4-11H2,1-3H3;15-19H,4-14H2,1-3H3/t13-,14+,15-,16+,17-,19+,20-,21+;15-,16?,17-,18-,19-,20-,21+/m00/s1. The van der Waals surface area contributed by atoms with Crippen molar-refractivity contribution in [1.29, 1.82) is 0 Å². The van der Waals surface area contributed by atoms with Crippen LogP contribution >= 0.6 is 0 Å². The molecule has 8 aliphatic carbocycles. The van der Waals surface area contributed by atoms with Crippen LogP contribution in [-0.2, 0) is 9.59 Å². The Bertz CT molecular complexity index is 1140. The summed E-state index contributed by atoms with van der Waals surface area (Å²) in [7, 11) is 0. The largest absolute Gasteiger partial charge is 0.393 e. The first-order valence-corrected chi connectivity index (χ1v) is 20.1. The van der Waals surface area contributed by atoms with Gasteiger partial charge in [0.15, 0.2) is 0 Å². The van der Waals surface area contributed by atoms with E-state index in [0.29, 0.717) is 35.4 Å². The fourth-order valence-corrected chi connectivity index (χ4v) is 15.8. The number of aliphatic hydroxyl groups is 1. The molecule has 45 heavy (non-hydrogen) atoms. The minimum Gasteiger partial charge on any atom is -0.393 e. The number of carbonyl (C=O) groups excluding carboxylic acids is 2. The third-order valence-electron chi connectivity index (χ3n) is 18.1. The van der Waals surface area contributed by atoms with Crippen molar-refractivity contribution in [3.05, 3.63) is 0 Å². The number of rotatable bonds is 2. The molecule has 0 aromatic heterocycles. The van der Waals surface area contributed by atoms with Crippen molar-refractivity contribution >= 4 is 11.6 Å². The number of carbonyl (C=O) groups is 2. The smallest absolute Gasteiger partial charge is 0.137 e. The van der Waals surface area contributed by atoms with E-state index in [2.05, 4.69) is 34.6 Å². The van der Waals surface area contributed by atoms with Gasteiger partial charge in [-0.25, -0.2) is 0 Å². The molecule has 0 aromatic carbocycles. The van der Waals surface area contributed by atoms with E-state index in [0.717, 1.165) is 80.0 Å². The third-order valence-corrected chi connectivity index (χ3v) is 18.1. The molecular weight excluding hydrogens is 552 g/mol. The van der Waals surface area contributed by atoms with Gasteiger partial charge in [0.2, 0.25) is 0 Å². The second-order valence-electron chi connectivity index (χ2n) is 19.5. The molecule has 8 aliphatic rings. The molecule has 0 radical (unpaired) electrons. The lowest BCUT2D eigenvalue weighted by molar-refractivity contribution is -0.162. The average Bonchev–Trinajstić information content (AvgIpc) is 3.53. The van der Waals surface area contributed by atoms with Crippen LogP contribution in [0.5, 0.6) is 0 Å². The molecule has 1 N–H and O–H groups in total. The fourth-order valence-electron chi connectivity index (χ4n) is 15.8. The summed E-state index contributed by atoms with van der Waals surface area (Å²) in [6, 6.07) is 0. The van der Waals surface area contributed by atoms with Crippen LogP contribution < -0.4 is 0 Å². The predicted molar refractivity (Wildman–Crippen MR) is 182 cm³/mol. The summed E-state index contributed by atoms with van der Waals surface area (Å²) in [5, 5.41) is 10.1. The van der Waals surface area contributed by atoms with Crippen LogP contribution in [-0.4, -0.2) is 22.8 Å². The van der Waals surface area contributed by atoms with Crippen molar-refractivity contribution in [2.45, 2.75) is 170 Å². The van der Waals surface area contributed by atoms with Crippen LogP contribution in [0, 0.1) is 80.8 Å². The van der Waals surface area contributed by atoms with Crippen molar-refractivity contribution in [1.82, 2.24) is 0 Å². The first kappa shape index (κ1) is 32.8. The zero-order valence-electron chi connectivity index (χ0n) is 30.0. The van der Waals surface area contributed by atoms with Crippen molar-refractivity contribution in [3.63, 3.8) is 0 Å². The van der Waals surface area contributed by atoms with Gasteiger partial charge in [-0.1, -0.05) is 53.9 Å². The van der Waals surface area contributed by atoms with E-state index in [1.54, 1.807) is 58.3 Å². The van der Waals surface area contributed by atoms with E-state index in [-0.39, 0.29) is 34.6 Å². The Morgan fingerprint density at radius 3 is 2.11 bits per heavy atom. The second-order valence-corrected chi connectivity index (χ2v) is 19.5. The van der Waals surface area contributed by atoms with Gasteiger partial charge in [0.05, 0.1) is 6.10 Å². The summed E-state index contributed by atoms with van der Waals surface area (Å²) in [6.45, 7) is 14.1. The molecule has 8 fully saturated rings. The first-order valence-electron chi connectivity index (χ1n) is 20.1. The number of ketones is 2. The highest BCUT2D eigenvalue weighted by atomic mass is 16.3. The highest BCUT2D eigenvalue weighted by molar-refractivity contribution is 5.87. The lowest BCUT2D eigenvalue weighted by Gasteiger charge is -2.60. The number of hydrogen-bond acceptors (Lipinski definition) is 3. The van der Waals surface area contributed by atoms with Crippen LogP contribution in [0.15, 0.2) is 0 Å². The number of aliphatic hydroxyl groups excluding tert-OH is 1. The predicted octanol–water partition coefficient (Wildman–Crippen LogP) is 10.2. The van der Waals surface area contributed by atoms with E-state index >= 15 is 0 Å². The molecule has 0 aromatic rings. The topological polar surface area (TPSA) is 54.4 Å². The summed E-state index contributed by atoms with van der Waals surface area (Å²) in [4.78, 5) is 25.5. The van der Waals surface area contributed by atoms with Crippen LogP contribution in [0.1, 0.15) is 164 Å². The molecule has 254 valence electrons. The third kappa shape index (κ3) is 4.94. The van der Waals surface area contributed by atoms with Crippen molar-refractivity contribution in [2.75, 3.05) is 0 Å². The maximum absolute atomic E-state index is 13.3. The molecule has 0 saturated heterocycles. The average molecular weight is 621 g/mol. The minimum absolute atomic E-state index is 0.0782. The Morgan fingerprint density at radius 1 is 0.689 bits per heavy atom. The molecular formula is C42H68O3. The number of Topliss-reactive ketones (excluding diaryl/α,β-unsaturated/α-hetero) is 2. The van der Waals surface area contributed by atoms with Gasteiger partial charge in [0.25, 0.3) is 0 Å². The van der Waals surface area contributed by atoms with Gasteiger partial charge in [-0.2, -0.15) is 0 Å². The lowest BCUT2D eigenvalue weighted by Crippen LogP contribution is -2.58. The Balaban J connectivity index is 0.000000146. The molecule has 0 aliphatic heterocycles. The summed E-state index contributed by atoms with van der Waals surface area (Å²) >= 11 is 0. The van der Waals surface area contributed by atoms with Crippen molar-refractivity contribution in [3.8, 4) is 0 Å².